The van der Waals surface area contributed by atoms with Crippen molar-refractivity contribution >= 4 is 0 Å². The summed E-state index contributed by atoms with van der Waals surface area (Å²) in [4.78, 5) is 0. The molecule has 1 atom stereocenters. The maximum Gasteiger partial charge on any atom is 0.157 e. The second-order valence-electron chi connectivity index (χ2n) is 4.32. The van der Waals surface area contributed by atoms with Gasteiger partial charge in [-0.05, 0) is 33.2 Å². The first-order valence-electron chi connectivity index (χ1n) is 5.67. The van der Waals surface area contributed by atoms with Crippen LogP contribution >= 0.6 is 0 Å². The Hall–Kier alpha value is -1.03. The summed E-state index contributed by atoms with van der Waals surface area (Å²) in [6.45, 7) is 6.20. The van der Waals surface area contributed by atoms with Crippen LogP contribution in [0.5, 0.6) is 5.75 Å². The molecule has 1 saturated heterocycles. The molecule has 2 rings (SSSR count). The lowest BCUT2D eigenvalue weighted by atomic mass is 10.1. The molecule has 1 aliphatic rings. The van der Waals surface area contributed by atoms with Gasteiger partial charge in [-0.3, -0.25) is 4.68 Å². The van der Waals surface area contributed by atoms with Crippen LogP contribution in [0, 0.1) is 0 Å². The van der Waals surface area contributed by atoms with Crippen LogP contribution in [0.4, 0.5) is 0 Å². The van der Waals surface area contributed by atoms with Gasteiger partial charge in [0.2, 0.25) is 0 Å². The van der Waals surface area contributed by atoms with Gasteiger partial charge in [0.05, 0.1) is 24.5 Å². The summed E-state index contributed by atoms with van der Waals surface area (Å²) >= 11 is 0. The Morgan fingerprint density at radius 3 is 3.13 bits per heavy atom. The highest BCUT2D eigenvalue weighted by Crippen LogP contribution is 2.19. The highest BCUT2D eigenvalue weighted by Gasteiger charge is 2.15. The van der Waals surface area contributed by atoms with Gasteiger partial charge in [0, 0.05) is 6.54 Å². The molecule has 1 N–H and O–H groups in total. The van der Waals surface area contributed by atoms with Crippen molar-refractivity contribution in [3.8, 4) is 5.75 Å². The molecule has 0 bridgehead atoms. The summed E-state index contributed by atoms with van der Waals surface area (Å²) in [7, 11) is 0. The van der Waals surface area contributed by atoms with E-state index in [0.29, 0.717) is 6.04 Å². The molecule has 0 spiro atoms. The monoisotopic (exact) mass is 209 g/mol. The molecule has 1 aliphatic heterocycles. The predicted octanol–water partition coefficient (Wildman–Crippen LogP) is 1.59. The minimum atomic E-state index is 0.215. The Balaban J connectivity index is 1.99. The molecule has 1 aromatic heterocycles. The van der Waals surface area contributed by atoms with E-state index in [0.717, 1.165) is 18.8 Å². The quantitative estimate of drug-likeness (QED) is 0.821. The molecule has 15 heavy (non-hydrogen) atoms. The third-order valence-corrected chi connectivity index (χ3v) is 2.59. The molecule has 84 valence electrons. The van der Waals surface area contributed by atoms with E-state index in [1.807, 2.05) is 24.7 Å². The summed E-state index contributed by atoms with van der Waals surface area (Å²) in [5.41, 5.74) is 0. The van der Waals surface area contributed by atoms with Crippen LogP contribution in [0.15, 0.2) is 12.4 Å². The van der Waals surface area contributed by atoms with Gasteiger partial charge in [-0.25, -0.2) is 0 Å². The van der Waals surface area contributed by atoms with Crippen molar-refractivity contribution < 1.29 is 4.74 Å². The molecule has 0 aliphatic carbocycles. The Labute approximate surface area is 90.6 Å². The van der Waals surface area contributed by atoms with Crippen LogP contribution in [0.3, 0.4) is 0 Å². The predicted molar refractivity (Wildman–Crippen MR) is 59.1 cm³/mol. The van der Waals surface area contributed by atoms with E-state index in [4.69, 9.17) is 4.74 Å². The highest BCUT2D eigenvalue weighted by molar-refractivity contribution is 5.12. The fourth-order valence-corrected chi connectivity index (χ4v) is 1.91. The number of hydrogen-bond donors (Lipinski definition) is 1. The van der Waals surface area contributed by atoms with Crippen molar-refractivity contribution in [3.63, 3.8) is 0 Å². The molecular formula is C11H19N3O. The van der Waals surface area contributed by atoms with Crippen molar-refractivity contribution in [1.82, 2.24) is 15.1 Å². The summed E-state index contributed by atoms with van der Waals surface area (Å²) in [5, 5.41) is 7.73. The maximum atomic E-state index is 5.58. The average Bonchev–Trinajstić information content (AvgIpc) is 2.67. The summed E-state index contributed by atoms with van der Waals surface area (Å²) in [6, 6.07) is 0.489. The molecule has 1 unspecified atom stereocenters. The minimum absolute atomic E-state index is 0.215. The van der Waals surface area contributed by atoms with E-state index in [1.54, 1.807) is 6.20 Å². The van der Waals surface area contributed by atoms with E-state index < -0.39 is 0 Å². The van der Waals surface area contributed by atoms with Crippen molar-refractivity contribution in [2.75, 3.05) is 13.1 Å². The summed E-state index contributed by atoms with van der Waals surface area (Å²) in [5.74, 6) is 0.871. The van der Waals surface area contributed by atoms with Gasteiger partial charge in [-0.2, -0.15) is 5.10 Å². The number of nitrogens with zero attached hydrogens (tertiary/aromatic N) is 2. The van der Waals surface area contributed by atoms with E-state index in [2.05, 4.69) is 10.4 Å². The van der Waals surface area contributed by atoms with Crippen LogP contribution in [-0.4, -0.2) is 29.0 Å². The first-order valence-corrected chi connectivity index (χ1v) is 5.67. The maximum absolute atomic E-state index is 5.58. The number of hydrogen-bond acceptors (Lipinski definition) is 3. The van der Waals surface area contributed by atoms with Crippen molar-refractivity contribution in [3.05, 3.63) is 12.4 Å². The van der Waals surface area contributed by atoms with Gasteiger partial charge >= 0.3 is 0 Å². The lowest BCUT2D eigenvalue weighted by molar-refractivity contribution is 0.241. The fraction of sp³-hybridized carbons (Fsp3) is 0.727. The zero-order chi connectivity index (χ0) is 10.7. The van der Waals surface area contributed by atoms with Crippen LogP contribution in [-0.2, 0) is 0 Å². The number of nitrogens with one attached hydrogen (secondary N) is 1. The molecule has 2 heterocycles. The number of piperidine rings is 1. The third-order valence-electron chi connectivity index (χ3n) is 2.59. The molecule has 1 fully saturated rings. The Morgan fingerprint density at radius 1 is 1.60 bits per heavy atom. The molecule has 0 radical (unpaired) electrons. The lowest BCUT2D eigenvalue weighted by Gasteiger charge is -2.22. The van der Waals surface area contributed by atoms with Gasteiger partial charge in [0.1, 0.15) is 0 Å². The largest absolute Gasteiger partial charge is 0.488 e. The lowest BCUT2D eigenvalue weighted by Crippen LogP contribution is -2.31. The Bertz CT molecular complexity index is 303. The molecule has 4 heteroatoms. The topological polar surface area (TPSA) is 39.1 Å². The Kier molecular flexibility index (Phi) is 3.26. The summed E-state index contributed by atoms with van der Waals surface area (Å²) in [6.07, 6.45) is 6.44. The van der Waals surface area contributed by atoms with Crippen molar-refractivity contribution in [2.24, 2.45) is 0 Å². The molecular weight excluding hydrogens is 190 g/mol. The first kappa shape index (κ1) is 10.5. The highest BCUT2D eigenvalue weighted by atomic mass is 16.5. The van der Waals surface area contributed by atoms with Crippen LogP contribution in [0.1, 0.15) is 32.7 Å². The number of aromatic nitrogens is 2. The van der Waals surface area contributed by atoms with Crippen LogP contribution in [0.2, 0.25) is 0 Å². The van der Waals surface area contributed by atoms with Gasteiger partial charge in [-0.1, -0.05) is 0 Å². The van der Waals surface area contributed by atoms with Gasteiger partial charge in [0.25, 0.3) is 0 Å². The SMILES string of the molecule is CC(C)Oc1cnn(C2CCCNC2)c1. The standard InChI is InChI=1S/C11H19N3O/c1-9(2)15-11-7-13-14(8-11)10-4-3-5-12-6-10/h7-10,12H,3-6H2,1-2H3. The molecule has 0 aromatic carbocycles. The third kappa shape index (κ3) is 2.72. The second kappa shape index (κ2) is 4.66. The minimum Gasteiger partial charge on any atom is -0.488 e. The zero-order valence-corrected chi connectivity index (χ0v) is 9.44. The number of ether oxygens (including phenoxy) is 1. The second-order valence-corrected chi connectivity index (χ2v) is 4.32. The molecule has 0 amide bonds. The first-order chi connectivity index (χ1) is 7.25. The summed E-state index contributed by atoms with van der Waals surface area (Å²) < 4.78 is 7.60. The van der Waals surface area contributed by atoms with E-state index >= 15 is 0 Å². The zero-order valence-electron chi connectivity index (χ0n) is 9.44. The van der Waals surface area contributed by atoms with Gasteiger partial charge in [-0.15, -0.1) is 0 Å². The fourth-order valence-electron chi connectivity index (χ4n) is 1.91. The Morgan fingerprint density at radius 2 is 2.47 bits per heavy atom. The molecule has 4 nitrogen and oxygen atoms in total. The van der Waals surface area contributed by atoms with Gasteiger partial charge in [0.15, 0.2) is 5.75 Å². The number of rotatable bonds is 3. The van der Waals surface area contributed by atoms with Crippen LogP contribution in [0.25, 0.3) is 0 Å². The average molecular weight is 209 g/mol. The van der Waals surface area contributed by atoms with E-state index in [1.165, 1.54) is 12.8 Å². The van der Waals surface area contributed by atoms with Crippen molar-refractivity contribution in [1.29, 1.82) is 0 Å². The van der Waals surface area contributed by atoms with Gasteiger partial charge < -0.3 is 10.1 Å². The molecule has 0 saturated carbocycles. The van der Waals surface area contributed by atoms with E-state index in [9.17, 15) is 0 Å². The van der Waals surface area contributed by atoms with Crippen LogP contribution < -0.4 is 10.1 Å². The smallest absolute Gasteiger partial charge is 0.157 e. The van der Waals surface area contributed by atoms with E-state index in [-0.39, 0.29) is 6.10 Å². The normalized spacial score (nSPS) is 21.9. The van der Waals surface area contributed by atoms with Crippen molar-refractivity contribution in [2.45, 2.75) is 38.8 Å². The molecule has 1 aromatic rings.